The van der Waals surface area contributed by atoms with E-state index < -0.39 is 0 Å². The van der Waals surface area contributed by atoms with Crippen LogP contribution in [-0.2, 0) is 6.42 Å². The van der Waals surface area contributed by atoms with Crippen molar-refractivity contribution >= 4 is 17.6 Å². The highest BCUT2D eigenvalue weighted by Crippen LogP contribution is 2.30. The number of nitrogens with one attached hydrogen (secondary N) is 3. The van der Waals surface area contributed by atoms with Crippen molar-refractivity contribution in [2.45, 2.75) is 46.0 Å². The molecule has 1 amide bonds. The number of hydrogen-bond donors (Lipinski definition) is 3. The molecule has 1 fully saturated rings. The number of carbonyl (C=O) groups excluding carboxylic acids is 1. The summed E-state index contributed by atoms with van der Waals surface area (Å²) in [5, 5.41) is 6.18. The number of benzene rings is 2. The monoisotopic (exact) mass is 502 g/mol. The minimum Gasteiger partial charge on any atom is -0.493 e. The van der Waals surface area contributed by atoms with Gasteiger partial charge in [-0.1, -0.05) is 24.3 Å². The molecule has 1 aromatic heterocycles. The number of aromatic nitrogens is 2. The minimum atomic E-state index is -0.191. The molecule has 2 aromatic carbocycles. The Balaban J connectivity index is 1.31. The summed E-state index contributed by atoms with van der Waals surface area (Å²) in [5.74, 6) is 1.20. The van der Waals surface area contributed by atoms with Crippen LogP contribution < -0.4 is 20.3 Å². The molecule has 1 saturated heterocycles. The van der Waals surface area contributed by atoms with Crippen LogP contribution in [0.3, 0.4) is 0 Å². The van der Waals surface area contributed by atoms with E-state index in [1.807, 2.05) is 31.2 Å². The molecule has 8 heteroatoms. The van der Waals surface area contributed by atoms with Gasteiger partial charge in [0.05, 0.1) is 18.6 Å². The molecule has 0 atom stereocenters. The average Bonchev–Trinajstić information content (AvgIpc) is 3.34. The van der Waals surface area contributed by atoms with Gasteiger partial charge in [0.1, 0.15) is 5.75 Å². The van der Waals surface area contributed by atoms with Gasteiger partial charge in [-0.2, -0.15) is 0 Å². The number of nitrogens with zero attached hydrogens (tertiary/aromatic N) is 3. The Morgan fingerprint density at radius 1 is 1.08 bits per heavy atom. The van der Waals surface area contributed by atoms with E-state index in [2.05, 4.69) is 49.6 Å². The lowest BCUT2D eigenvalue weighted by Crippen LogP contribution is -2.42. The van der Waals surface area contributed by atoms with Crippen LogP contribution >= 0.6 is 0 Å². The Labute approximate surface area is 219 Å². The number of amides is 1. The second kappa shape index (κ2) is 13.5. The van der Waals surface area contributed by atoms with Crippen molar-refractivity contribution in [3.05, 3.63) is 77.4 Å². The SMILES string of the molecule is Cc1[nH]cnc1CCNC(=NCCCOc1cccc(N2CCCCC2)c1C)NC(=O)c1ccccc1. The van der Waals surface area contributed by atoms with Crippen LogP contribution in [0.2, 0.25) is 0 Å². The second-order valence-corrected chi connectivity index (χ2v) is 9.35. The van der Waals surface area contributed by atoms with Crippen molar-refractivity contribution in [1.82, 2.24) is 20.6 Å². The molecule has 4 rings (SSSR count). The maximum atomic E-state index is 12.7. The van der Waals surface area contributed by atoms with E-state index in [-0.39, 0.29) is 5.91 Å². The first kappa shape index (κ1) is 26.3. The van der Waals surface area contributed by atoms with Crippen LogP contribution in [0, 0.1) is 13.8 Å². The number of aryl methyl sites for hydroxylation is 1. The highest BCUT2D eigenvalue weighted by Gasteiger charge is 2.15. The highest BCUT2D eigenvalue weighted by molar-refractivity contribution is 6.05. The molecule has 3 aromatic rings. The van der Waals surface area contributed by atoms with Crippen LogP contribution in [0.4, 0.5) is 5.69 Å². The molecule has 1 aliphatic rings. The highest BCUT2D eigenvalue weighted by atomic mass is 16.5. The van der Waals surface area contributed by atoms with Gasteiger partial charge in [-0.15, -0.1) is 0 Å². The van der Waals surface area contributed by atoms with Crippen LogP contribution in [-0.4, -0.2) is 54.6 Å². The Morgan fingerprint density at radius 2 is 1.89 bits per heavy atom. The van der Waals surface area contributed by atoms with Crippen molar-refractivity contribution < 1.29 is 9.53 Å². The molecule has 0 saturated carbocycles. The third kappa shape index (κ3) is 7.59. The van der Waals surface area contributed by atoms with Gasteiger partial charge in [0.15, 0.2) is 5.96 Å². The van der Waals surface area contributed by atoms with E-state index in [0.29, 0.717) is 31.2 Å². The number of aromatic amines is 1. The zero-order valence-electron chi connectivity index (χ0n) is 21.9. The summed E-state index contributed by atoms with van der Waals surface area (Å²) in [6.45, 7) is 8.06. The van der Waals surface area contributed by atoms with Crippen LogP contribution in [0.25, 0.3) is 0 Å². The molecule has 0 aliphatic carbocycles. The molecule has 196 valence electrons. The van der Waals surface area contributed by atoms with Gasteiger partial charge in [-0.05, 0) is 57.4 Å². The largest absolute Gasteiger partial charge is 0.493 e. The van der Waals surface area contributed by atoms with E-state index in [4.69, 9.17) is 4.74 Å². The number of rotatable bonds is 10. The molecule has 3 N–H and O–H groups in total. The first-order valence-electron chi connectivity index (χ1n) is 13.2. The van der Waals surface area contributed by atoms with E-state index >= 15 is 0 Å². The number of guanidine groups is 1. The number of carbonyl (C=O) groups is 1. The van der Waals surface area contributed by atoms with Gasteiger partial charge in [-0.3, -0.25) is 15.1 Å². The standard InChI is InChI=1S/C29H38N6O2/c1-22-26(35-18-7-4-8-19-35)13-9-14-27(22)37-20-10-16-30-29(31-17-15-25-23(2)32-21-33-25)34-28(36)24-11-5-3-6-12-24/h3,5-6,9,11-14,21H,4,7-8,10,15-20H2,1-2H3,(H,32,33)(H2,30,31,34,36). The van der Waals surface area contributed by atoms with Gasteiger partial charge >= 0.3 is 0 Å². The lowest BCUT2D eigenvalue weighted by molar-refractivity contribution is 0.0975. The van der Waals surface area contributed by atoms with E-state index in [9.17, 15) is 4.79 Å². The number of aliphatic imine (C=N–C) groups is 1. The van der Waals surface area contributed by atoms with Crippen LogP contribution in [0.1, 0.15) is 53.0 Å². The van der Waals surface area contributed by atoms with Gasteiger partial charge in [0.2, 0.25) is 0 Å². The lowest BCUT2D eigenvalue weighted by Gasteiger charge is -2.30. The third-order valence-corrected chi connectivity index (χ3v) is 6.64. The maximum Gasteiger partial charge on any atom is 0.257 e. The Hall–Kier alpha value is -3.81. The Kier molecular flexibility index (Phi) is 9.57. The number of anilines is 1. The summed E-state index contributed by atoms with van der Waals surface area (Å²) in [4.78, 5) is 27.2. The fourth-order valence-corrected chi connectivity index (χ4v) is 4.52. The Morgan fingerprint density at radius 3 is 2.65 bits per heavy atom. The van der Waals surface area contributed by atoms with Gasteiger partial charge in [-0.25, -0.2) is 4.98 Å². The summed E-state index contributed by atoms with van der Waals surface area (Å²) in [6.07, 6.45) is 6.98. The molecule has 37 heavy (non-hydrogen) atoms. The normalized spacial score (nSPS) is 13.9. The molecule has 0 bridgehead atoms. The number of imidazole rings is 1. The summed E-state index contributed by atoms with van der Waals surface area (Å²) in [5.41, 5.74) is 5.10. The third-order valence-electron chi connectivity index (χ3n) is 6.64. The number of piperidine rings is 1. The van der Waals surface area contributed by atoms with Crippen molar-refractivity contribution in [2.24, 2.45) is 4.99 Å². The van der Waals surface area contributed by atoms with Crippen molar-refractivity contribution in [3.8, 4) is 5.75 Å². The summed E-state index contributed by atoms with van der Waals surface area (Å²) < 4.78 is 6.13. The first-order valence-corrected chi connectivity index (χ1v) is 13.2. The summed E-state index contributed by atoms with van der Waals surface area (Å²) in [7, 11) is 0. The molecule has 2 heterocycles. The van der Waals surface area contributed by atoms with Crippen LogP contribution in [0.5, 0.6) is 5.75 Å². The zero-order chi connectivity index (χ0) is 25.9. The maximum absolute atomic E-state index is 12.7. The molecule has 0 unspecified atom stereocenters. The predicted molar refractivity (Wildman–Crippen MR) is 149 cm³/mol. The van der Waals surface area contributed by atoms with E-state index in [1.165, 1.54) is 30.5 Å². The predicted octanol–water partition coefficient (Wildman–Crippen LogP) is 4.40. The van der Waals surface area contributed by atoms with Crippen molar-refractivity contribution in [2.75, 3.05) is 37.7 Å². The van der Waals surface area contributed by atoms with Crippen molar-refractivity contribution in [1.29, 1.82) is 0 Å². The zero-order valence-corrected chi connectivity index (χ0v) is 21.9. The van der Waals surface area contributed by atoms with E-state index in [1.54, 1.807) is 18.5 Å². The van der Waals surface area contributed by atoms with Gasteiger partial charge in [0, 0.05) is 61.5 Å². The van der Waals surface area contributed by atoms with Crippen molar-refractivity contribution in [3.63, 3.8) is 0 Å². The lowest BCUT2D eigenvalue weighted by atomic mass is 10.1. The molecule has 0 radical (unpaired) electrons. The Bertz CT molecular complexity index is 1170. The van der Waals surface area contributed by atoms with Crippen LogP contribution in [0.15, 0.2) is 59.9 Å². The molecular weight excluding hydrogens is 464 g/mol. The van der Waals surface area contributed by atoms with Gasteiger partial charge in [0.25, 0.3) is 5.91 Å². The smallest absolute Gasteiger partial charge is 0.257 e. The fraction of sp³-hybridized carbons (Fsp3) is 0.414. The summed E-state index contributed by atoms with van der Waals surface area (Å²) in [6, 6.07) is 15.5. The molecule has 8 nitrogen and oxygen atoms in total. The molecular formula is C29H38N6O2. The van der Waals surface area contributed by atoms with E-state index in [0.717, 1.165) is 43.1 Å². The minimum absolute atomic E-state index is 0.191. The fourth-order valence-electron chi connectivity index (χ4n) is 4.52. The number of ether oxygens (including phenoxy) is 1. The molecule has 0 spiro atoms. The topological polar surface area (TPSA) is 94.6 Å². The number of H-pyrrole nitrogens is 1. The summed E-state index contributed by atoms with van der Waals surface area (Å²) >= 11 is 0. The average molecular weight is 503 g/mol. The number of hydrogen-bond acceptors (Lipinski definition) is 5. The van der Waals surface area contributed by atoms with Gasteiger partial charge < -0.3 is 19.9 Å². The second-order valence-electron chi connectivity index (χ2n) is 9.35. The molecule has 1 aliphatic heterocycles. The quantitative estimate of drug-likeness (QED) is 0.217. The first-order chi connectivity index (χ1) is 18.1.